The molecule has 0 spiro atoms. The summed E-state index contributed by atoms with van der Waals surface area (Å²) in [4.78, 5) is 9.90. The minimum Gasteiger partial charge on any atom is -0.365 e. The van der Waals surface area contributed by atoms with Gasteiger partial charge in [0.15, 0.2) is 0 Å². The smallest absolute Gasteiger partial charge is 0.145 e. The van der Waals surface area contributed by atoms with Crippen LogP contribution in [0.1, 0.15) is 5.56 Å². The summed E-state index contributed by atoms with van der Waals surface area (Å²) in [6.07, 6.45) is 3.50. The summed E-state index contributed by atoms with van der Waals surface area (Å²) in [7, 11) is 0. The normalized spacial score (nSPS) is 10.4. The maximum Gasteiger partial charge on any atom is 0.145 e. The molecule has 3 aromatic rings. The van der Waals surface area contributed by atoms with Gasteiger partial charge in [0, 0.05) is 11.6 Å². The van der Waals surface area contributed by atoms with E-state index in [1.807, 2.05) is 41.8 Å². The molecule has 0 aliphatic rings. The molecular formula is C15H12ClN3S. The van der Waals surface area contributed by atoms with Crippen molar-refractivity contribution in [1.82, 2.24) is 9.97 Å². The molecule has 3 rings (SSSR count). The number of aromatic nitrogens is 2. The molecule has 0 atom stereocenters. The fourth-order valence-corrected chi connectivity index (χ4v) is 2.73. The zero-order valence-corrected chi connectivity index (χ0v) is 12.2. The van der Waals surface area contributed by atoms with E-state index in [4.69, 9.17) is 11.6 Å². The molecule has 0 aliphatic carbocycles. The molecule has 2 heterocycles. The lowest BCUT2D eigenvalue weighted by molar-refractivity contribution is 1.09. The summed E-state index contributed by atoms with van der Waals surface area (Å²) in [5.41, 5.74) is 2.00. The van der Waals surface area contributed by atoms with Gasteiger partial charge in [-0.1, -0.05) is 29.8 Å². The fraction of sp³-hybridized carbons (Fsp3) is 0.0667. The van der Waals surface area contributed by atoms with E-state index in [1.165, 1.54) is 0 Å². The van der Waals surface area contributed by atoms with Gasteiger partial charge in [0.2, 0.25) is 0 Å². The highest BCUT2D eigenvalue weighted by atomic mass is 35.5. The third kappa shape index (κ3) is 3.15. The highest BCUT2D eigenvalue weighted by Gasteiger charge is 2.03. The van der Waals surface area contributed by atoms with E-state index >= 15 is 0 Å². The van der Waals surface area contributed by atoms with Gasteiger partial charge in [-0.3, -0.25) is 4.98 Å². The van der Waals surface area contributed by atoms with Gasteiger partial charge in [0.05, 0.1) is 17.3 Å². The summed E-state index contributed by atoms with van der Waals surface area (Å²) >= 11 is 7.62. The molecule has 0 radical (unpaired) electrons. The Balaban J connectivity index is 1.73. The van der Waals surface area contributed by atoms with Crippen molar-refractivity contribution < 1.29 is 0 Å². The molecule has 0 saturated carbocycles. The molecule has 0 unspecified atom stereocenters. The topological polar surface area (TPSA) is 37.8 Å². The first-order chi connectivity index (χ1) is 9.81. The van der Waals surface area contributed by atoms with Gasteiger partial charge in [0.1, 0.15) is 11.5 Å². The summed E-state index contributed by atoms with van der Waals surface area (Å²) < 4.78 is 0. The first-order valence-electron chi connectivity index (χ1n) is 6.15. The monoisotopic (exact) mass is 301 g/mol. The minimum atomic E-state index is 0.670. The number of rotatable bonds is 4. The Kier molecular flexibility index (Phi) is 3.95. The zero-order chi connectivity index (χ0) is 13.8. The van der Waals surface area contributed by atoms with E-state index in [-0.39, 0.29) is 0 Å². The Morgan fingerprint density at radius 2 is 2.10 bits per heavy atom. The van der Waals surface area contributed by atoms with Gasteiger partial charge >= 0.3 is 0 Å². The fourth-order valence-electron chi connectivity index (χ4n) is 1.83. The van der Waals surface area contributed by atoms with Crippen LogP contribution in [0.3, 0.4) is 0 Å². The van der Waals surface area contributed by atoms with Crippen LogP contribution in [0.4, 0.5) is 5.82 Å². The van der Waals surface area contributed by atoms with E-state index in [2.05, 4.69) is 15.3 Å². The van der Waals surface area contributed by atoms with Crippen LogP contribution in [-0.2, 0) is 6.54 Å². The van der Waals surface area contributed by atoms with Gasteiger partial charge in [-0.15, -0.1) is 11.3 Å². The SMILES string of the molecule is Clc1cccc(CNc2cncc(-c3cccs3)n2)c1. The van der Waals surface area contributed by atoms with Crippen LogP contribution in [0, 0.1) is 0 Å². The number of hydrogen-bond donors (Lipinski definition) is 1. The van der Waals surface area contributed by atoms with Crippen LogP contribution in [0.2, 0.25) is 5.02 Å². The van der Waals surface area contributed by atoms with Crippen LogP contribution in [0.5, 0.6) is 0 Å². The summed E-state index contributed by atoms with van der Waals surface area (Å²) in [5.74, 6) is 0.760. The summed E-state index contributed by atoms with van der Waals surface area (Å²) in [6, 6.07) is 11.8. The first kappa shape index (κ1) is 13.1. The quantitative estimate of drug-likeness (QED) is 0.772. The maximum absolute atomic E-state index is 5.97. The Morgan fingerprint density at radius 1 is 1.15 bits per heavy atom. The van der Waals surface area contributed by atoms with Gasteiger partial charge in [-0.2, -0.15) is 0 Å². The van der Waals surface area contributed by atoms with E-state index < -0.39 is 0 Å². The number of anilines is 1. The van der Waals surface area contributed by atoms with Gasteiger partial charge < -0.3 is 5.32 Å². The van der Waals surface area contributed by atoms with E-state index in [1.54, 1.807) is 23.7 Å². The third-order valence-electron chi connectivity index (χ3n) is 2.77. The number of halogens is 1. The molecule has 5 heteroatoms. The second kappa shape index (κ2) is 6.03. The van der Waals surface area contributed by atoms with Crippen molar-refractivity contribution in [3.8, 4) is 10.6 Å². The Morgan fingerprint density at radius 3 is 2.90 bits per heavy atom. The molecule has 2 aromatic heterocycles. The molecule has 1 N–H and O–H groups in total. The standard InChI is InChI=1S/C15H12ClN3S/c16-12-4-1-3-11(7-12)8-18-15-10-17-9-13(19-15)14-5-2-6-20-14/h1-7,9-10H,8H2,(H,18,19). The minimum absolute atomic E-state index is 0.670. The summed E-state index contributed by atoms with van der Waals surface area (Å²) in [6.45, 7) is 0.670. The van der Waals surface area contributed by atoms with Crippen molar-refractivity contribution in [2.45, 2.75) is 6.54 Å². The lowest BCUT2D eigenvalue weighted by Gasteiger charge is -2.06. The maximum atomic E-state index is 5.97. The number of benzene rings is 1. The van der Waals surface area contributed by atoms with Crippen molar-refractivity contribution in [2.75, 3.05) is 5.32 Å². The molecular weight excluding hydrogens is 290 g/mol. The van der Waals surface area contributed by atoms with Gasteiger partial charge in [-0.25, -0.2) is 4.98 Å². The number of thiophene rings is 1. The number of hydrogen-bond acceptors (Lipinski definition) is 4. The molecule has 20 heavy (non-hydrogen) atoms. The Hall–Kier alpha value is -1.91. The molecule has 0 aliphatic heterocycles. The second-order valence-electron chi connectivity index (χ2n) is 4.25. The number of nitrogens with zero attached hydrogens (tertiary/aromatic N) is 2. The van der Waals surface area contributed by atoms with Crippen LogP contribution in [0.25, 0.3) is 10.6 Å². The molecule has 3 nitrogen and oxygen atoms in total. The highest BCUT2D eigenvalue weighted by molar-refractivity contribution is 7.13. The largest absolute Gasteiger partial charge is 0.365 e. The Labute approximate surface area is 126 Å². The van der Waals surface area contributed by atoms with Crippen molar-refractivity contribution in [3.05, 3.63) is 64.8 Å². The van der Waals surface area contributed by atoms with Gasteiger partial charge in [0.25, 0.3) is 0 Å². The van der Waals surface area contributed by atoms with Crippen LogP contribution in [0.15, 0.2) is 54.2 Å². The van der Waals surface area contributed by atoms with Crippen molar-refractivity contribution in [1.29, 1.82) is 0 Å². The molecule has 0 bridgehead atoms. The molecule has 0 fully saturated rings. The van der Waals surface area contributed by atoms with Crippen LogP contribution >= 0.6 is 22.9 Å². The van der Waals surface area contributed by atoms with E-state index in [0.29, 0.717) is 6.54 Å². The average Bonchev–Trinajstić information content (AvgIpc) is 3.00. The average molecular weight is 302 g/mol. The molecule has 0 saturated heterocycles. The molecule has 0 amide bonds. The predicted molar refractivity (Wildman–Crippen MR) is 84.1 cm³/mol. The van der Waals surface area contributed by atoms with Crippen LogP contribution in [-0.4, -0.2) is 9.97 Å². The lowest BCUT2D eigenvalue weighted by atomic mass is 10.2. The van der Waals surface area contributed by atoms with Crippen molar-refractivity contribution in [2.24, 2.45) is 0 Å². The van der Waals surface area contributed by atoms with Crippen LogP contribution < -0.4 is 5.32 Å². The van der Waals surface area contributed by atoms with Crippen molar-refractivity contribution in [3.63, 3.8) is 0 Å². The van der Waals surface area contributed by atoms with Crippen molar-refractivity contribution >= 4 is 28.8 Å². The summed E-state index contributed by atoms with van der Waals surface area (Å²) in [5, 5.41) is 6.03. The predicted octanol–water partition coefficient (Wildman–Crippen LogP) is 4.47. The third-order valence-corrected chi connectivity index (χ3v) is 3.90. The molecule has 1 aromatic carbocycles. The van der Waals surface area contributed by atoms with E-state index in [0.717, 1.165) is 27.0 Å². The second-order valence-corrected chi connectivity index (χ2v) is 5.63. The Bertz CT molecular complexity index is 698. The lowest BCUT2D eigenvalue weighted by Crippen LogP contribution is -2.02. The van der Waals surface area contributed by atoms with Gasteiger partial charge in [-0.05, 0) is 29.1 Å². The molecule has 100 valence electrons. The first-order valence-corrected chi connectivity index (χ1v) is 7.41. The zero-order valence-electron chi connectivity index (χ0n) is 10.6. The highest BCUT2D eigenvalue weighted by Crippen LogP contribution is 2.23. The van der Waals surface area contributed by atoms with E-state index in [9.17, 15) is 0 Å². The number of nitrogens with one attached hydrogen (secondary N) is 1.